The van der Waals surface area contributed by atoms with Crippen LogP contribution in [0, 0.1) is 0 Å². The van der Waals surface area contributed by atoms with Crippen molar-refractivity contribution in [2.45, 2.75) is 35.9 Å². The lowest BCUT2D eigenvalue weighted by Crippen LogP contribution is -2.46. The molecular weight excluding hydrogens is 486 g/mol. The molecule has 2 amide bonds. The molecular formula is C18H19BrClN3O3S2. The summed E-state index contributed by atoms with van der Waals surface area (Å²) >= 11 is 12.2. The molecule has 28 heavy (non-hydrogen) atoms. The molecule has 1 aromatic heterocycles. The van der Waals surface area contributed by atoms with Crippen LogP contribution in [-0.2, 0) is 4.79 Å². The van der Waals surface area contributed by atoms with E-state index in [1.165, 1.54) is 28.0 Å². The molecule has 1 fully saturated rings. The van der Waals surface area contributed by atoms with Crippen molar-refractivity contribution >= 4 is 73.4 Å². The van der Waals surface area contributed by atoms with Gasteiger partial charge in [0.2, 0.25) is 0 Å². The fourth-order valence-corrected chi connectivity index (χ4v) is 5.18. The topological polar surface area (TPSA) is 73.7 Å². The number of thioether (sulfide) groups is 1. The number of benzene rings is 1. The van der Waals surface area contributed by atoms with Gasteiger partial charge in [-0.1, -0.05) is 35.8 Å². The van der Waals surface area contributed by atoms with Crippen LogP contribution in [0.15, 0.2) is 33.1 Å². The Morgan fingerprint density at radius 3 is 2.75 bits per heavy atom. The number of hydrogen-bond acceptors (Lipinski definition) is 5. The van der Waals surface area contributed by atoms with Crippen molar-refractivity contribution in [3.05, 3.63) is 33.9 Å². The summed E-state index contributed by atoms with van der Waals surface area (Å²) in [5.74, 6) is -0.922. The second-order valence-corrected chi connectivity index (χ2v) is 9.94. The number of urea groups is 1. The zero-order valence-corrected chi connectivity index (χ0v) is 19.1. The first-order valence-corrected chi connectivity index (χ1v) is 11.7. The van der Waals surface area contributed by atoms with Gasteiger partial charge < -0.3 is 5.11 Å². The number of carboxylic acid groups (broad SMARTS) is 1. The third-order valence-corrected chi connectivity index (χ3v) is 7.95. The summed E-state index contributed by atoms with van der Waals surface area (Å²) in [6, 6.07) is 5.47. The predicted octanol–water partition coefficient (Wildman–Crippen LogP) is 5.74. The van der Waals surface area contributed by atoms with Gasteiger partial charge in [0.1, 0.15) is 0 Å². The summed E-state index contributed by atoms with van der Waals surface area (Å²) in [5, 5.41) is 9.90. The standard InChI is InChI=1S/C18H19BrClN3O3S2/c1-22(17-21-9-16(28-17)27-10-15(24)25)18(26)23(11-4-2-3-5-11)12-6-7-13(19)14(20)8-12/h6-9,11H,2-5,10H2,1H3,(H,24,25). The van der Waals surface area contributed by atoms with E-state index in [9.17, 15) is 9.59 Å². The molecule has 0 aliphatic heterocycles. The van der Waals surface area contributed by atoms with E-state index in [0.717, 1.165) is 40.1 Å². The molecule has 10 heteroatoms. The van der Waals surface area contributed by atoms with E-state index in [-0.39, 0.29) is 17.8 Å². The Balaban J connectivity index is 1.84. The number of carbonyl (C=O) groups excluding carboxylic acids is 1. The molecule has 150 valence electrons. The maximum absolute atomic E-state index is 13.4. The van der Waals surface area contributed by atoms with Crippen LogP contribution in [0.5, 0.6) is 0 Å². The highest BCUT2D eigenvalue weighted by Gasteiger charge is 2.31. The first kappa shape index (κ1) is 21.4. The minimum absolute atomic E-state index is 0.0368. The van der Waals surface area contributed by atoms with Gasteiger partial charge in [0.25, 0.3) is 0 Å². The van der Waals surface area contributed by atoms with Gasteiger partial charge in [-0.3, -0.25) is 14.6 Å². The van der Waals surface area contributed by atoms with Gasteiger partial charge in [-0.2, -0.15) is 0 Å². The van der Waals surface area contributed by atoms with E-state index in [1.54, 1.807) is 24.2 Å². The number of rotatable bonds is 6. The molecule has 6 nitrogen and oxygen atoms in total. The molecule has 1 aromatic carbocycles. The number of amides is 2. The Morgan fingerprint density at radius 1 is 1.39 bits per heavy atom. The fraction of sp³-hybridized carbons (Fsp3) is 0.389. The number of carbonyl (C=O) groups is 2. The van der Waals surface area contributed by atoms with Crippen LogP contribution < -0.4 is 9.80 Å². The predicted molar refractivity (Wildman–Crippen MR) is 118 cm³/mol. The van der Waals surface area contributed by atoms with Crippen molar-refractivity contribution in [3.63, 3.8) is 0 Å². The molecule has 1 saturated carbocycles. The van der Waals surface area contributed by atoms with E-state index >= 15 is 0 Å². The zero-order valence-electron chi connectivity index (χ0n) is 15.1. The number of hydrogen-bond donors (Lipinski definition) is 1. The van der Waals surface area contributed by atoms with Gasteiger partial charge in [-0.25, -0.2) is 9.78 Å². The first-order valence-electron chi connectivity index (χ1n) is 8.69. The second kappa shape index (κ2) is 9.47. The maximum Gasteiger partial charge on any atom is 0.330 e. The maximum atomic E-state index is 13.4. The van der Waals surface area contributed by atoms with Crippen LogP contribution in [0.25, 0.3) is 0 Å². The Hall–Kier alpha value is -1.29. The van der Waals surface area contributed by atoms with Gasteiger partial charge in [0, 0.05) is 23.2 Å². The Morgan fingerprint density at radius 2 is 2.11 bits per heavy atom. The van der Waals surface area contributed by atoms with Crippen molar-refractivity contribution in [1.29, 1.82) is 0 Å². The number of thiazole rings is 1. The molecule has 1 aliphatic carbocycles. The van der Waals surface area contributed by atoms with E-state index in [2.05, 4.69) is 20.9 Å². The van der Waals surface area contributed by atoms with E-state index < -0.39 is 5.97 Å². The molecule has 2 aromatic rings. The molecule has 1 heterocycles. The number of carboxylic acids is 1. The lowest BCUT2D eigenvalue weighted by molar-refractivity contribution is -0.133. The largest absolute Gasteiger partial charge is 0.481 e. The van der Waals surface area contributed by atoms with Gasteiger partial charge >= 0.3 is 12.0 Å². The van der Waals surface area contributed by atoms with Crippen molar-refractivity contribution in [2.24, 2.45) is 0 Å². The summed E-state index contributed by atoms with van der Waals surface area (Å²) in [5.41, 5.74) is 0.758. The van der Waals surface area contributed by atoms with Crippen LogP contribution in [-0.4, -0.2) is 40.9 Å². The minimum atomic E-state index is -0.885. The van der Waals surface area contributed by atoms with Crippen LogP contribution in [0.4, 0.5) is 15.6 Å². The third-order valence-electron chi connectivity index (χ3n) is 4.46. The van der Waals surface area contributed by atoms with E-state index in [1.807, 2.05) is 12.1 Å². The molecule has 0 saturated heterocycles. The molecule has 0 radical (unpaired) electrons. The zero-order chi connectivity index (χ0) is 20.3. The fourth-order valence-electron chi connectivity index (χ4n) is 3.12. The van der Waals surface area contributed by atoms with Crippen molar-refractivity contribution in [1.82, 2.24) is 4.98 Å². The van der Waals surface area contributed by atoms with Crippen LogP contribution in [0.2, 0.25) is 5.02 Å². The molecule has 0 bridgehead atoms. The molecule has 0 atom stereocenters. The van der Waals surface area contributed by atoms with Crippen molar-refractivity contribution < 1.29 is 14.7 Å². The Bertz CT molecular complexity index is 874. The normalized spacial score (nSPS) is 14.2. The van der Waals surface area contributed by atoms with Gasteiger partial charge in [0.05, 0.1) is 21.2 Å². The highest BCUT2D eigenvalue weighted by Crippen LogP contribution is 2.35. The number of nitrogens with zero attached hydrogens (tertiary/aromatic N) is 3. The number of halogens is 2. The van der Waals surface area contributed by atoms with Crippen molar-refractivity contribution in [3.8, 4) is 0 Å². The lowest BCUT2D eigenvalue weighted by Gasteiger charge is -2.32. The van der Waals surface area contributed by atoms with Crippen molar-refractivity contribution in [2.75, 3.05) is 22.6 Å². The molecule has 0 unspecified atom stereocenters. The summed E-state index contributed by atoms with van der Waals surface area (Å²) in [6.45, 7) is 0. The van der Waals surface area contributed by atoms with Gasteiger partial charge in [-0.05, 0) is 47.0 Å². The van der Waals surface area contributed by atoms with Crippen LogP contribution in [0.3, 0.4) is 0 Å². The van der Waals surface area contributed by atoms with Gasteiger partial charge in [-0.15, -0.1) is 11.8 Å². The minimum Gasteiger partial charge on any atom is -0.481 e. The molecule has 1 N–H and O–H groups in total. The quantitative estimate of drug-likeness (QED) is 0.508. The van der Waals surface area contributed by atoms with Gasteiger partial charge in [0.15, 0.2) is 5.13 Å². The second-order valence-electron chi connectivity index (χ2n) is 6.39. The highest BCUT2D eigenvalue weighted by atomic mass is 79.9. The third kappa shape index (κ3) is 5.00. The van der Waals surface area contributed by atoms with E-state index in [4.69, 9.17) is 16.7 Å². The average Bonchev–Trinajstić information content (AvgIpc) is 3.34. The SMILES string of the molecule is CN(C(=O)N(c1ccc(Br)c(Cl)c1)C1CCCC1)c1ncc(SCC(=O)O)s1. The van der Waals surface area contributed by atoms with E-state index in [0.29, 0.717) is 10.2 Å². The highest BCUT2D eigenvalue weighted by molar-refractivity contribution is 9.10. The summed E-state index contributed by atoms with van der Waals surface area (Å²) in [4.78, 5) is 31.7. The monoisotopic (exact) mass is 503 g/mol. The summed E-state index contributed by atoms with van der Waals surface area (Å²) in [7, 11) is 1.69. The summed E-state index contributed by atoms with van der Waals surface area (Å²) in [6.07, 6.45) is 5.69. The first-order chi connectivity index (χ1) is 13.4. The molecule has 0 spiro atoms. The number of aromatic nitrogens is 1. The van der Waals surface area contributed by atoms with Crippen LogP contribution in [0.1, 0.15) is 25.7 Å². The Labute approximate surface area is 185 Å². The summed E-state index contributed by atoms with van der Waals surface area (Å²) < 4.78 is 1.54. The number of anilines is 2. The average molecular weight is 505 g/mol. The number of aliphatic carboxylic acids is 1. The smallest absolute Gasteiger partial charge is 0.330 e. The lowest BCUT2D eigenvalue weighted by atomic mass is 10.2. The molecule has 1 aliphatic rings. The van der Waals surface area contributed by atoms with Crippen LogP contribution >= 0.6 is 50.6 Å². The Kier molecular flexibility index (Phi) is 7.25. The molecule has 3 rings (SSSR count).